The van der Waals surface area contributed by atoms with E-state index >= 15 is 0 Å². The first-order valence-electron chi connectivity index (χ1n) is 29.6. The molecule has 2 unspecified atom stereocenters. The zero-order valence-corrected chi connectivity index (χ0v) is 54.0. The number of ether oxygens (including phenoxy) is 1. The van der Waals surface area contributed by atoms with E-state index in [1.807, 2.05) is 32.9 Å². The molecule has 0 aliphatic carbocycles. The van der Waals surface area contributed by atoms with E-state index in [-0.39, 0.29) is 17.1 Å². The van der Waals surface area contributed by atoms with Crippen LogP contribution in [-0.2, 0) is 43.9 Å². The fourth-order valence-corrected chi connectivity index (χ4v) is 15.4. The van der Waals surface area contributed by atoms with E-state index in [2.05, 4.69) is 143 Å². The number of phenols is 1. The first-order chi connectivity index (χ1) is 36.4. The average molecular weight is 1160 g/mol. The molecule has 2 heterocycles. The number of anilines is 2. The number of benzene rings is 4. The van der Waals surface area contributed by atoms with Crippen molar-refractivity contribution >= 4 is 42.0 Å². The number of phenolic OH excluding ortho intramolecular Hbond substituents is 1. The van der Waals surface area contributed by atoms with E-state index in [1.54, 1.807) is 37.1 Å². The van der Waals surface area contributed by atoms with Gasteiger partial charge in [0.2, 0.25) is 14.7 Å². The molecule has 2 saturated heterocycles. The van der Waals surface area contributed by atoms with Crippen LogP contribution in [0.5, 0.6) is 11.5 Å². The van der Waals surface area contributed by atoms with Gasteiger partial charge in [0.1, 0.15) is 11.5 Å². The summed E-state index contributed by atoms with van der Waals surface area (Å²) in [5, 5.41) is 10.6. The van der Waals surface area contributed by atoms with E-state index < -0.39 is 14.7 Å². The average Bonchev–Trinajstić information content (AvgIpc) is 3.37. The predicted octanol–water partition coefficient (Wildman–Crippen LogP) is 18.6. The lowest BCUT2D eigenvalue weighted by molar-refractivity contribution is 0.222. The normalized spacial score (nSPS) is 17.0. The third kappa shape index (κ3) is 23.9. The lowest BCUT2D eigenvalue weighted by Crippen LogP contribution is -2.36. The maximum atomic E-state index is 13.0. The molecule has 0 aromatic heterocycles. The van der Waals surface area contributed by atoms with E-state index in [0.717, 1.165) is 80.8 Å². The minimum absolute atomic E-state index is 0.0178. The van der Waals surface area contributed by atoms with Crippen LogP contribution < -0.4 is 14.5 Å². The quantitative estimate of drug-likeness (QED) is 0.0548. The molecule has 0 saturated carbocycles. The molecule has 1 N–H and O–H groups in total. The Bertz CT molecular complexity index is 2430. The molecule has 0 amide bonds. The number of hydrogen-bond donors (Lipinski definition) is 1. The summed E-state index contributed by atoms with van der Waals surface area (Å²) in [6, 6.07) is 29.5. The Labute approximate surface area is 478 Å². The topological polar surface area (TPSA) is 88.5 Å². The number of rotatable bonds is 24. The molecule has 2 aliphatic rings. The highest BCUT2D eigenvalue weighted by atomic mass is 79.9. The van der Waals surface area contributed by atoms with Gasteiger partial charge in [-0.1, -0.05) is 120 Å². The van der Waals surface area contributed by atoms with Gasteiger partial charge >= 0.3 is 0 Å². The van der Waals surface area contributed by atoms with Crippen LogP contribution in [0.25, 0.3) is 0 Å². The van der Waals surface area contributed by atoms with Gasteiger partial charge in [0, 0.05) is 67.5 Å². The predicted molar refractivity (Wildman–Crippen MR) is 337 cm³/mol. The second-order valence-electron chi connectivity index (χ2n) is 24.9. The minimum atomic E-state index is -2.62. The Morgan fingerprint density at radius 1 is 0.610 bits per heavy atom. The summed E-state index contributed by atoms with van der Waals surface area (Å²) in [7, 11) is -5.18. The molecule has 11 heteroatoms. The van der Waals surface area contributed by atoms with E-state index in [9.17, 15) is 14.2 Å². The number of alkyl halides is 1. The molecule has 8 nitrogen and oxygen atoms in total. The molecule has 4 aromatic carbocycles. The van der Waals surface area contributed by atoms with Gasteiger partial charge in [-0.2, -0.15) is 0 Å². The van der Waals surface area contributed by atoms with Crippen LogP contribution in [0.15, 0.2) is 84.9 Å². The molecule has 77 heavy (non-hydrogen) atoms. The summed E-state index contributed by atoms with van der Waals surface area (Å²) in [6.45, 7) is 36.1. The number of hydrogen-bond acceptors (Lipinski definition) is 8. The second-order valence-corrected chi connectivity index (χ2v) is 31.2. The van der Waals surface area contributed by atoms with Crippen molar-refractivity contribution in [2.45, 2.75) is 184 Å². The first kappa shape index (κ1) is 66.5. The summed E-state index contributed by atoms with van der Waals surface area (Å²) >= 11 is 3.65. The van der Waals surface area contributed by atoms with Gasteiger partial charge in [-0.15, -0.1) is 0 Å². The molecule has 4 aromatic rings. The summed E-state index contributed by atoms with van der Waals surface area (Å²) < 4.78 is 42.6. The van der Waals surface area contributed by atoms with Gasteiger partial charge in [0.15, 0.2) is 0 Å². The van der Waals surface area contributed by atoms with E-state index in [0.29, 0.717) is 36.4 Å². The van der Waals surface area contributed by atoms with Crippen molar-refractivity contribution in [3.8, 4) is 11.5 Å². The molecule has 0 radical (unpaired) electrons. The number of halogens is 1. The lowest BCUT2D eigenvalue weighted by Gasteiger charge is -2.35. The molecular formula is C66H105BrN2O6P2. The maximum absolute atomic E-state index is 13.0. The highest BCUT2D eigenvalue weighted by Gasteiger charge is 2.29. The van der Waals surface area contributed by atoms with E-state index in [4.69, 9.17) is 13.8 Å². The number of piperidine rings is 2. The molecule has 4 atom stereocenters. The lowest BCUT2D eigenvalue weighted by atomic mass is 9.88. The summed E-state index contributed by atoms with van der Waals surface area (Å²) in [5.41, 5.74) is 11.8. The third-order valence-electron chi connectivity index (χ3n) is 15.6. The Balaban J connectivity index is 0.000000276. The van der Waals surface area contributed by atoms with Gasteiger partial charge in [-0.3, -0.25) is 9.13 Å². The Hall–Kier alpha value is -3.06. The van der Waals surface area contributed by atoms with Gasteiger partial charge < -0.3 is 28.7 Å². The smallest absolute Gasteiger partial charge is 0.203 e. The zero-order chi connectivity index (χ0) is 56.8. The van der Waals surface area contributed by atoms with Gasteiger partial charge in [0.25, 0.3) is 0 Å². The number of aromatic hydroxyl groups is 1. The van der Waals surface area contributed by atoms with Crippen LogP contribution >= 0.6 is 30.7 Å². The molecule has 0 bridgehead atoms. The molecule has 432 valence electrons. The van der Waals surface area contributed by atoms with Gasteiger partial charge in [-0.25, -0.2) is 0 Å². The van der Waals surface area contributed by atoms with Crippen molar-refractivity contribution in [2.24, 2.45) is 22.7 Å². The molecule has 6 rings (SSSR count). The highest BCUT2D eigenvalue weighted by molar-refractivity contribution is 9.09. The highest BCUT2D eigenvalue weighted by Crippen LogP contribution is 2.51. The molecule has 0 spiro atoms. The first-order valence-corrected chi connectivity index (χ1v) is 35.0. The standard InChI is InChI=1S/C33H52NO3P.C20H32BrN.C13H21O3P/c1-8-31(38(7,35)37-9-2)24-28-12-10-14-30(23-28)36-25-27-17-20-34(21-18-27)32-22-26(3)15-16-29(32)13-11-19-33(4,5)6;1-16-7-8-18(6-5-11-20(2,3)4)19(14-16)22-12-9-17(15-21)10-13-22;1-4-13(17(3,15)16-5-2)10-11-7-6-8-12(14)9-11/h10,12,14-16,22-23,27,31H,8-9,11,13,17-21,24-25H2,1-7H3;7-8,14,17H,5-6,9-13,15H2,1-4H3;6-9,13-14H,4-5,10H2,1-3H3/t31-,38?;;13-,17?/m1.1/s1. The minimum Gasteiger partial charge on any atom is -0.508 e. The van der Waals surface area contributed by atoms with Crippen molar-refractivity contribution in [3.05, 3.63) is 118 Å². The number of nitrogens with zero attached hydrogens (tertiary/aromatic N) is 2. The van der Waals surface area contributed by atoms with Crippen LogP contribution in [0.3, 0.4) is 0 Å². The number of aryl methyl sites for hydroxylation is 4. The molecule has 2 fully saturated rings. The zero-order valence-electron chi connectivity index (χ0n) is 50.6. The summed E-state index contributed by atoms with van der Waals surface area (Å²) in [4.78, 5) is 5.22. The Kier molecular flexibility index (Phi) is 28.0. The van der Waals surface area contributed by atoms with Gasteiger partial charge in [-0.05, 0) is 210 Å². The third-order valence-corrected chi connectivity index (χ3v) is 21.8. The van der Waals surface area contributed by atoms with Crippen molar-refractivity contribution in [3.63, 3.8) is 0 Å². The van der Waals surface area contributed by atoms with Crippen molar-refractivity contribution in [1.82, 2.24) is 0 Å². The van der Waals surface area contributed by atoms with E-state index in [1.165, 1.54) is 91.7 Å². The largest absolute Gasteiger partial charge is 0.508 e. The maximum Gasteiger partial charge on any atom is 0.203 e. The SMILES string of the molecule is CCOP(C)(=O)[C@H](CC)Cc1cccc(O)c1.CCOP(C)(=O)[C@H](CC)Cc1cccc(OCC2CCN(c3cc(C)ccc3CCCC(C)(C)C)CC2)c1.Cc1ccc(CCCC(C)(C)C)c(N2CCC(CBr)CC2)c1. The van der Waals surface area contributed by atoms with Crippen molar-refractivity contribution in [2.75, 3.05) is 74.5 Å². The van der Waals surface area contributed by atoms with Crippen LogP contribution in [-0.4, -0.2) is 81.1 Å². The van der Waals surface area contributed by atoms with Crippen LogP contribution in [0, 0.1) is 36.5 Å². The van der Waals surface area contributed by atoms with Crippen molar-refractivity contribution < 1.29 is 28.0 Å². The molecule has 2 aliphatic heterocycles. The fourth-order valence-electron chi connectivity index (χ4n) is 10.9. The van der Waals surface area contributed by atoms with Crippen LogP contribution in [0.2, 0.25) is 0 Å². The fraction of sp³-hybridized carbons (Fsp3) is 0.636. The van der Waals surface area contributed by atoms with Crippen molar-refractivity contribution in [1.29, 1.82) is 0 Å². The van der Waals surface area contributed by atoms with Crippen LogP contribution in [0.1, 0.15) is 167 Å². The van der Waals surface area contributed by atoms with Crippen LogP contribution in [0.4, 0.5) is 11.4 Å². The second kappa shape index (κ2) is 32.4. The Morgan fingerprint density at radius 2 is 1.04 bits per heavy atom. The Morgan fingerprint density at radius 3 is 1.44 bits per heavy atom. The summed E-state index contributed by atoms with van der Waals surface area (Å²) in [5.74, 6) is 2.60. The van der Waals surface area contributed by atoms with Gasteiger partial charge in [0.05, 0.1) is 19.8 Å². The summed E-state index contributed by atoms with van der Waals surface area (Å²) in [6.07, 6.45) is 15.5. The molecular weight excluding hydrogens is 1060 g/mol. The monoisotopic (exact) mass is 1160 g/mol.